The number of carboxylic acids is 1. The van der Waals surface area contributed by atoms with Crippen LogP contribution in [0.5, 0.6) is 0 Å². The first kappa shape index (κ1) is 28.9. The Hall–Kier alpha value is -4.61. The van der Waals surface area contributed by atoms with Gasteiger partial charge in [0, 0.05) is 26.0 Å². The Morgan fingerprint density at radius 3 is 2.60 bits per heavy atom. The van der Waals surface area contributed by atoms with Gasteiger partial charge in [-0.05, 0) is 43.9 Å². The SMILES string of the molecule is CCC(C(=O)O)c1ccc(Nc2ncc3c(Nc4cc(C(=O)NCCC5CCCCC5)cnc4C)nn(C)c3n2)cn1. The van der Waals surface area contributed by atoms with Crippen molar-refractivity contribution in [2.75, 3.05) is 17.2 Å². The number of carbonyl (C=O) groups excluding carboxylic acids is 1. The lowest BCUT2D eigenvalue weighted by molar-refractivity contribution is -0.138. The van der Waals surface area contributed by atoms with Crippen LogP contribution in [0, 0.1) is 12.8 Å². The number of nitrogens with zero attached hydrogens (tertiary/aromatic N) is 6. The molecule has 42 heavy (non-hydrogen) atoms. The van der Waals surface area contributed by atoms with Crippen molar-refractivity contribution in [3.8, 4) is 0 Å². The molecule has 1 unspecified atom stereocenters. The molecule has 1 aliphatic rings. The van der Waals surface area contributed by atoms with Gasteiger partial charge in [0.05, 0.1) is 45.8 Å². The summed E-state index contributed by atoms with van der Waals surface area (Å²) < 4.78 is 1.65. The molecule has 0 saturated heterocycles. The first-order valence-electron chi connectivity index (χ1n) is 14.5. The highest BCUT2D eigenvalue weighted by molar-refractivity contribution is 5.96. The number of hydrogen-bond donors (Lipinski definition) is 4. The Balaban J connectivity index is 1.27. The van der Waals surface area contributed by atoms with Gasteiger partial charge in [-0.1, -0.05) is 39.0 Å². The standard InChI is InChI=1S/C30H37N9O3/c1-4-22(29(41)42)24-11-10-21(16-33-24)35-30-34-17-23-26(38-39(3)27(23)37-30)36-25-14-20(15-32-18(25)2)28(40)31-13-12-19-8-6-5-7-9-19/h10-11,14-17,19,22H,4-9,12-13H2,1-3H3,(H,31,40)(H,36,38)(H,41,42)(H,34,35,37). The third-order valence-electron chi connectivity index (χ3n) is 7.85. The van der Waals surface area contributed by atoms with Gasteiger partial charge in [-0.3, -0.25) is 19.6 Å². The second-order valence-corrected chi connectivity index (χ2v) is 10.8. The average Bonchev–Trinajstić information content (AvgIpc) is 3.29. The Morgan fingerprint density at radius 1 is 1.07 bits per heavy atom. The summed E-state index contributed by atoms with van der Waals surface area (Å²) in [4.78, 5) is 42.1. The number of rotatable bonds is 11. The molecule has 1 atom stereocenters. The number of carbonyl (C=O) groups is 2. The maximum Gasteiger partial charge on any atom is 0.312 e. The Morgan fingerprint density at radius 2 is 1.88 bits per heavy atom. The van der Waals surface area contributed by atoms with E-state index in [1.165, 1.54) is 32.1 Å². The molecule has 220 valence electrons. The van der Waals surface area contributed by atoms with E-state index in [9.17, 15) is 14.7 Å². The zero-order valence-corrected chi connectivity index (χ0v) is 24.2. The number of amides is 1. The summed E-state index contributed by atoms with van der Waals surface area (Å²) in [5, 5.41) is 24.1. The fraction of sp³-hybridized carbons (Fsp3) is 0.433. The van der Waals surface area contributed by atoms with Crippen molar-refractivity contribution in [2.24, 2.45) is 13.0 Å². The normalized spacial score (nSPS) is 14.5. The van der Waals surface area contributed by atoms with E-state index in [1.807, 2.05) is 13.8 Å². The van der Waals surface area contributed by atoms with Crippen LogP contribution in [-0.2, 0) is 11.8 Å². The number of aromatic nitrogens is 6. The molecule has 0 bridgehead atoms. The first-order chi connectivity index (χ1) is 20.3. The highest BCUT2D eigenvalue weighted by atomic mass is 16.4. The molecule has 12 heteroatoms. The van der Waals surface area contributed by atoms with E-state index in [-0.39, 0.29) is 5.91 Å². The van der Waals surface area contributed by atoms with Gasteiger partial charge in [-0.2, -0.15) is 10.1 Å². The third-order valence-corrected chi connectivity index (χ3v) is 7.85. The molecule has 4 N–H and O–H groups in total. The first-order valence-corrected chi connectivity index (χ1v) is 14.5. The predicted octanol–water partition coefficient (Wildman–Crippen LogP) is 5.23. The van der Waals surface area contributed by atoms with Gasteiger partial charge in [0.25, 0.3) is 5.91 Å². The molecule has 4 heterocycles. The van der Waals surface area contributed by atoms with E-state index in [2.05, 4.69) is 41.0 Å². The van der Waals surface area contributed by atoms with Crippen molar-refractivity contribution >= 4 is 46.1 Å². The molecule has 0 aliphatic heterocycles. The van der Waals surface area contributed by atoms with Crippen molar-refractivity contribution in [3.63, 3.8) is 0 Å². The monoisotopic (exact) mass is 571 g/mol. The summed E-state index contributed by atoms with van der Waals surface area (Å²) in [6.07, 6.45) is 12.7. The summed E-state index contributed by atoms with van der Waals surface area (Å²) in [6, 6.07) is 5.24. The second kappa shape index (κ2) is 12.9. The molecule has 1 aliphatic carbocycles. The van der Waals surface area contributed by atoms with Gasteiger partial charge in [0.2, 0.25) is 5.95 Å². The highest BCUT2D eigenvalue weighted by Crippen LogP contribution is 2.28. The molecule has 1 saturated carbocycles. The molecule has 5 rings (SSSR count). The van der Waals surface area contributed by atoms with E-state index in [0.29, 0.717) is 64.3 Å². The smallest absolute Gasteiger partial charge is 0.312 e. The molecule has 0 radical (unpaired) electrons. The number of hydrogen-bond acceptors (Lipinski definition) is 9. The molecule has 4 aromatic heterocycles. The zero-order valence-electron chi connectivity index (χ0n) is 24.2. The van der Waals surface area contributed by atoms with Crippen LogP contribution >= 0.6 is 0 Å². The molecule has 1 amide bonds. The van der Waals surface area contributed by atoms with Crippen LogP contribution < -0.4 is 16.0 Å². The lowest BCUT2D eigenvalue weighted by Crippen LogP contribution is -2.26. The van der Waals surface area contributed by atoms with Crippen LogP contribution in [0.2, 0.25) is 0 Å². The van der Waals surface area contributed by atoms with Gasteiger partial charge < -0.3 is 21.1 Å². The van der Waals surface area contributed by atoms with Crippen molar-refractivity contribution in [3.05, 3.63) is 53.7 Å². The number of aliphatic carboxylic acids is 1. The predicted molar refractivity (Wildman–Crippen MR) is 160 cm³/mol. The minimum atomic E-state index is -0.897. The van der Waals surface area contributed by atoms with Crippen LogP contribution in [0.4, 0.5) is 23.1 Å². The largest absolute Gasteiger partial charge is 0.481 e. The number of carboxylic acid groups (broad SMARTS) is 1. The van der Waals surface area contributed by atoms with E-state index in [4.69, 9.17) is 0 Å². The average molecular weight is 572 g/mol. The van der Waals surface area contributed by atoms with E-state index in [1.54, 1.807) is 48.5 Å². The summed E-state index contributed by atoms with van der Waals surface area (Å²) in [7, 11) is 1.79. The second-order valence-electron chi connectivity index (χ2n) is 10.8. The number of pyridine rings is 2. The lowest BCUT2D eigenvalue weighted by atomic mass is 9.87. The molecular weight excluding hydrogens is 534 g/mol. The van der Waals surface area contributed by atoms with Crippen LogP contribution in [0.15, 0.2) is 36.8 Å². The van der Waals surface area contributed by atoms with Crippen LogP contribution in [0.1, 0.15) is 79.5 Å². The number of nitrogens with one attached hydrogen (secondary N) is 3. The summed E-state index contributed by atoms with van der Waals surface area (Å²) in [5.41, 5.74) is 3.63. The highest BCUT2D eigenvalue weighted by Gasteiger charge is 2.19. The van der Waals surface area contributed by atoms with Gasteiger partial charge in [0.1, 0.15) is 0 Å². The Kier molecular flexibility index (Phi) is 8.89. The van der Waals surface area contributed by atoms with E-state index < -0.39 is 11.9 Å². The number of anilines is 4. The summed E-state index contributed by atoms with van der Waals surface area (Å²) in [6.45, 7) is 4.35. The molecule has 0 aromatic carbocycles. The minimum absolute atomic E-state index is 0.137. The van der Waals surface area contributed by atoms with Gasteiger partial charge in [-0.15, -0.1) is 0 Å². The van der Waals surface area contributed by atoms with E-state index >= 15 is 0 Å². The maximum absolute atomic E-state index is 12.8. The summed E-state index contributed by atoms with van der Waals surface area (Å²) in [5.74, 6) is -0.0804. The number of aryl methyl sites for hydroxylation is 2. The molecular formula is C30H37N9O3. The van der Waals surface area contributed by atoms with Gasteiger partial charge in [-0.25, -0.2) is 9.67 Å². The Bertz CT molecular complexity index is 1560. The molecule has 12 nitrogen and oxygen atoms in total. The lowest BCUT2D eigenvalue weighted by Gasteiger charge is -2.21. The summed E-state index contributed by atoms with van der Waals surface area (Å²) >= 11 is 0. The molecule has 0 spiro atoms. The van der Waals surface area contributed by atoms with Crippen LogP contribution in [0.25, 0.3) is 11.0 Å². The number of fused-ring (bicyclic) bond motifs is 1. The third kappa shape index (κ3) is 6.64. The molecule has 1 fully saturated rings. The van der Waals surface area contributed by atoms with Crippen LogP contribution in [-0.4, -0.2) is 53.2 Å². The quantitative estimate of drug-likeness (QED) is 0.188. The Labute approximate surface area is 244 Å². The van der Waals surface area contributed by atoms with Crippen molar-refractivity contribution in [1.82, 2.24) is 35.0 Å². The van der Waals surface area contributed by atoms with Crippen molar-refractivity contribution < 1.29 is 14.7 Å². The zero-order chi connectivity index (χ0) is 29.6. The van der Waals surface area contributed by atoms with Crippen LogP contribution in [0.3, 0.4) is 0 Å². The minimum Gasteiger partial charge on any atom is -0.481 e. The van der Waals surface area contributed by atoms with Gasteiger partial charge in [0.15, 0.2) is 11.5 Å². The van der Waals surface area contributed by atoms with Crippen molar-refractivity contribution in [1.29, 1.82) is 0 Å². The molecule has 4 aromatic rings. The van der Waals surface area contributed by atoms with Gasteiger partial charge >= 0.3 is 5.97 Å². The fourth-order valence-corrected chi connectivity index (χ4v) is 5.39. The maximum atomic E-state index is 12.8. The topological polar surface area (TPSA) is 160 Å². The van der Waals surface area contributed by atoms with Crippen molar-refractivity contribution in [2.45, 2.75) is 64.7 Å². The van der Waals surface area contributed by atoms with E-state index in [0.717, 1.165) is 12.1 Å². The fourth-order valence-electron chi connectivity index (χ4n) is 5.39.